The smallest absolute Gasteiger partial charge is 0.224 e. The second kappa shape index (κ2) is 9.84. The molecule has 0 bridgehead atoms. The van der Waals surface area contributed by atoms with Gasteiger partial charge in [0.1, 0.15) is 0 Å². The molecule has 134 valence electrons. The van der Waals surface area contributed by atoms with Gasteiger partial charge in [0.2, 0.25) is 5.91 Å². The van der Waals surface area contributed by atoms with E-state index < -0.39 is 0 Å². The topological polar surface area (TPSA) is 41.6 Å². The molecule has 25 heavy (non-hydrogen) atoms. The van der Waals surface area contributed by atoms with Gasteiger partial charge in [0.05, 0.1) is 6.61 Å². The first-order valence-electron chi connectivity index (χ1n) is 8.76. The van der Waals surface area contributed by atoms with Crippen LogP contribution in [0.3, 0.4) is 0 Å². The van der Waals surface area contributed by atoms with Crippen molar-refractivity contribution in [1.82, 2.24) is 0 Å². The molecule has 0 saturated heterocycles. The Morgan fingerprint density at radius 1 is 1.08 bits per heavy atom. The Morgan fingerprint density at radius 3 is 2.52 bits per heavy atom. The molecular weight excluding hydrogens is 312 g/mol. The number of ether oxygens (including phenoxy) is 1. The van der Waals surface area contributed by atoms with Gasteiger partial charge in [-0.15, -0.1) is 0 Å². The minimum Gasteiger partial charge on any atom is -0.381 e. The molecule has 0 aliphatic carbocycles. The maximum Gasteiger partial charge on any atom is 0.224 e. The number of amides is 1. The number of hydrogen-bond donors (Lipinski definition) is 1. The van der Waals surface area contributed by atoms with Crippen LogP contribution in [0.5, 0.6) is 0 Å². The molecule has 1 amide bonds. The van der Waals surface area contributed by atoms with Crippen LogP contribution in [-0.4, -0.2) is 33.2 Å². The predicted molar refractivity (Wildman–Crippen MR) is 104 cm³/mol. The highest BCUT2D eigenvalue weighted by Gasteiger charge is 2.05. The number of rotatable bonds is 9. The lowest BCUT2D eigenvalue weighted by atomic mass is 10.1. The van der Waals surface area contributed by atoms with Crippen molar-refractivity contribution in [2.75, 3.05) is 37.5 Å². The summed E-state index contributed by atoms with van der Waals surface area (Å²) in [6, 6.07) is 16.2. The first-order valence-corrected chi connectivity index (χ1v) is 8.76. The first kappa shape index (κ1) is 19.0. The van der Waals surface area contributed by atoms with Crippen LogP contribution >= 0.6 is 0 Å². The molecule has 0 heterocycles. The van der Waals surface area contributed by atoms with Gasteiger partial charge < -0.3 is 15.0 Å². The van der Waals surface area contributed by atoms with Crippen LogP contribution in [-0.2, 0) is 16.0 Å². The van der Waals surface area contributed by atoms with Crippen LogP contribution < -0.4 is 10.2 Å². The van der Waals surface area contributed by atoms with Crippen LogP contribution in [0.1, 0.15) is 24.0 Å². The summed E-state index contributed by atoms with van der Waals surface area (Å²) < 4.78 is 5.61. The van der Waals surface area contributed by atoms with Crippen molar-refractivity contribution in [3.63, 3.8) is 0 Å². The van der Waals surface area contributed by atoms with Crippen LogP contribution in [0.4, 0.5) is 11.4 Å². The van der Waals surface area contributed by atoms with Crippen molar-refractivity contribution in [2.45, 2.75) is 26.2 Å². The van der Waals surface area contributed by atoms with Gasteiger partial charge in [-0.2, -0.15) is 0 Å². The number of carbonyl (C=O) groups excluding carboxylic acids is 1. The third-order valence-electron chi connectivity index (χ3n) is 4.03. The molecule has 0 atom stereocenters. The summed E-state index contributed by atoms with van der Waals surface area (Å²) in [5.41, 5.74) is 4.42. The second-order valence-corrected chi connectivity index (χ2v) is 6.40. The van der Waals surface area contributed by atoms with Gasteiger partial charge in [0.25, 0.3) is 0 Å². The number of anilines is 2. The zero-order chi connectivity index (χ0) is 18.1. The quantitative estimate of drug-likeness (QED) is 0.701. The molecule has 0 aliphatic rings. The molecule has 0 spiro atoms. The van der Waals surface area contributed by atoms with Crippen molar-refractivity contribution in [3.8, 4) is 0 Å². The molecule has 0 unspecified atom stereocenters. The standard InChI is InChI=1S/C21H28N2O2/c1-17-16-19(11-12-20(17)23(2)3)22-21(24)10-7-14-25-15-13-18-8-5-4-6-9-18/h4-6,8-9,11-12,16H,7,10,13-15H2,1-3H3,(H,22,24). The molecule has 0 saturated carbocycles. The largest absolute Gasteiger partial charge is 0.381 e. The van der Waals surface area contributed by atoms with Crippen molar-refractivity contribution in [3.05, 3.63) is 59.7 Å². The number of nitrogens with one attached hydrogen (secondary N) is 1. The fourth-order valence-electron chi connectivity index (χ4n) is 2.73. The molecule has 1 N–H and O–H groups in total. The van der Waals surface area contributed by atoms with E-state index in [2.05, 4.69) is 22.3 Å². The summed E-state index contributed by atoms with van der Waals surface area (Å²) in [6.45, 7) is 3.35. The highest BCUT2D eigenvalue weighted by molar-refractivity contribution is 5.91. The lowest BCUT2D eigenvalue weighted by molar-refractivity contribution is -0.116. The summed E-state index contributed by atoms with van der Waals surface area (Å²) in [6.07, 6.45) is 2.11. The maximum atomic E-state index is 12.0. The Kier molecular flexibility index (Phi) is 7.48. The third kappa shape index (κ3) is 6.59. The predicted octanol–water partition coefficient (Wildman–Crippen LogP) is 4.04. The molecule has 0 radical (unpaired) electrons. The Balaban J connectivity index is 1.63. The Hall–Kier alpha value is -2.33. The number of benzene rings is 2. The molecule has 2 aromatic rings. The summed E-state index contributed by atoms with van der Waals surface area (Å²) in [5, 5.41) is 2.95. The average Bonchev–Trinajstić information content (AvgIpc) is 2.58. The van der Waals surface area contributed by atoms with E-state index in [-0.39, 0.29) is 5.91 Å². The fraction of sp³-hybridized carbons (Fsp3) is 0.381. The molecule has 0 fully saturated rings. The van der Waals surface area contributed by atoms with Crippen molar-refractivity contribution >= 4 is 17.3 Å². The Morgan fingerprint density at radius 2 is 1.84 bits per heavy atom. The van der Waals surface area contributed by atoms with Gasteiger partial charge >= 0.3 is 0 Å². The number of aryl methyl sites for hydroxylation is 1. The lowest BCUT2D eigenvalue weighted by Gasteiger charge is -2.16. The first-order chi connectivity index (χ1) is 12.1. The van der Waals surface area contributed by atoms with Gasteiger partial charge in [-0.25, -0.2) is 0 Å². The van der Waals surface area contributed by atoms with Gasteiger partial charge in [0.15, 0.2) is 0 Å². The summed E-state index contributed by atoms with van der Waals surface area (Å²) in [7, 11) is 4.02. The van der Waals surface area contributed by atoms with Crippen molar-refractivity contribution < 1.29 is 9.53 Å². The zero-order valence-corrected chi connectivity index (χ0v) is 15.4. The zero-order valence-electron chi connectivity index (χ0n) is 15.4. The lowest BCUT2D eigenvalue weighted by Crippen LogP contribution is -2.14. The molecule has 0 aromatic heterocycles. The minimum absolute atomic E-state index is 0.0312. The summed E-state index contributed by atoms with van der Waals surface area (Å²) in [4.78, 5) is 14.1. The van der Waals surface area contributed by atoms with E-state index in [4.69, 9.17) is 4.74 Å². The van der Waals surface area contributed by atoms with E-state index in [1.54, 1.807) is 0 Å². The minimum atomic E-state index is 0.0312. The number of nitrogens with zero attached hydrogens (tertiary/aromatic N) is 1. The van der Waals surface area contributed by atoms with Gasteiger partial charge in [-0.1, -0.05) is 30.3 Å². The highest BCUT2D eigenvalue weighted by Crippen LogP contribution is 2.21. The van der Waals surface area contributed by atoms with Crippen LogP contribution in [0.15, 0.2) is 48.5 Å². The molecule has 4 nitrogen and oxygen atoms in total. The van der Waals surface area contributed by atoms with E-state index in [1.165, 1.54) is 5.56 Å². The summed E-state index contributed by atoms with van der Waals surface area (Å²) >= 11 is 0. The Labute approximate surface area is 150 Å². The molecular formula is C21H28N2O2. The monoisotopic (exact) mass is 340 g/mol. The molecule has 2 aromatic carbocycles. The van der Waals surface area contributed by atoms with Crippen LogP contribution in [0.2, 0.25) is 0 Å². The number of hydrogen-bond acceptors (Lipinski definition) is 3. The van der Waals surface area contributed by atoms with Crippen molar-refractivity contribution in [2.24, 2.45) is 0 Å². The second-order valence-electron chi connectivity index (χ2n) is 6.40. The van der Waals surface area contributed by atoms with Gasteiger partial charge in [-0.05, 0) is 49.1 Å². The summed E-state index contributed by atoms with van der Waals surface area (Å²) in [5.74, 6) is 0.0312. The molecule has 0 aliphatic heterocycles. The van der Waals surface area contributed by atoms with E-state index in [0.717, 1.165) is 29.8 Å². The van der Waals surface area contributed by atoms with Crippen LogP contribution in [0.25, 0.3) is 0 Å². The molecule has 4 heteroatoms. The Bertz CT molecular complexity index is 669. The third-order valence-corrected chi connectivity index (χ3v) is 4.03. The van der Waals surface area contributed by atoms with Gasteiger partial charge in [0, 0.05) is 38.5 Å². The molecule has 2 rings (SSSR count). The van der Waals surface area contributed by atoms with Crippen molar-refractivity contribution in [1.29, 1.82) is 0 Å². The van der Waals surface area contributed by atoms with E-state index in [1.807, 2.05) is 57.4 Å². The van der Waals surface area contributed by atoms with E-state index >= 15 is 0 Å². The maximum absolute atomic E-state index is 12.0. The van der Waals surface area contributed by atoms with Crippen LogP contribution in [0, 0.1) is 6.92 Å². The fourth-order valence-corrected chi connectivity index (χ4v) is 2.73. The number of carbonyl (C=O) groups is 1. The van der Waals surface area contributed by atoms with E-state index in [0.29, 0.717) is 19.6 Å². The SMILES string of the molecule is Cc1cc(NC(=O)CCCOCCc2ccccc2)ccc1N(C)C. The average molecular weight is 340 g/mol. The highest BCUT2D eigenvalue weighted by atomic mass is 16.5. The van der Waals surface area contributed by atoms with E-state index in [9.17, 15) is 4.79 Å². The van der Waals surface area contributed by atoms with Gasteiger partial charge in [-0.3, -0.25) is 4.79 Å². The normalized spacial score (nSPS) is 10.5.